The van der Waals surface area contributed by atoms with Gasteiger partial charge in [-0.2, -0.15) is 13.2 Å². The summed E-state index contributed by atoms with van der Waals surface area (Å²) in [5.41, 5.74) is 1.70. The number of piperidine rings is 1. The normalized spacial score (nSPS) is 21.8. The van der Waals surface area contributed by atoms with E-state index in [1.807, 2.05) is 42.8 Å². The van der Waals surface area contributed by atoms with Crippen molar-refractivity contribution in [2.24, 2.45) is 18.9 Å². The molecule has 3 aliphatic rings. The molecule has 212 valence electrons. The van der Waals surface area contributed by atoms with Crippen LogP contribution in [0.1, 0.15) is 96.3 Å². The van der Waals surface area contributed by atoms with E-state index in [4.69, 9.17) is 0 Å². The van der Waals surface area contributed by atoms with Crippen LogP contribution in [-0.2, 0) is 19.8 Å². The summed E-state index contributed by atoms with van der Waals surface area (Å²) in [6.45, 7) is 5.73. The smallest absolute Gasteiger partial charge is 0.320 e. The number of aromatic nitrogens is 3. The molecule has 0 spiro atoms. The van der Waals surface area contributed by atoms with Crippen molar-refractivity contribution in [1.29, 1.82) is 0 Å². The van der Waals surface area contributed by atoms with Gasteiger partial charge in [-0.1, -0.05) is 25.5 Å². The quantitative estimate of drug-likeness (QED) is 0.341. The minimum Gasteiger partial charge on any atom is -0.320 e. The molecule has 1 amide bonds. The predicted octanol–water partition coefficient (Wildman–Crippen LogP) is 6.72. The zero-order valence-corrected chi connectivity index (χ0v) is 23.3. The van der Waals surface area contributed by atoms with Gasteiger partial charge in [-0.05, 0) is 91.9 Å². The highest BCUT2D eigenvalue weighted by Crippen LogP contribution is 2.45. The van der Waals surface area contributed by atoms with Crippen molar-refractivity contribution in [2.75, 3.05) is 18.0 Å². The number of nitrogens with zero attached hydrogens (tertiary/aromatic N) is 5. The molecule has 0 N–H and O–H groups in total. The number of alkyl halides is 3. The Kier molecular flexibility index (Phi) is 6.97. The van der Waals surface area contributed by atoms with E-state index < -0.39 is 11.7 Å². The Morgan fingerprint density at radius 3 is 2.50 bits per heavy atom. The molecule has 6 nitrogen and oxygen atoms in total. The van der Waals surface area contributed by atoms with Gasteiger partial charge in [0.25, 0.3) is 5.91 Å². The van der Waals surface area contributed by atoms with Crippen molar-refractivity contribution in [3.8, 4) is 0 Å². The summed E-state index contributed by atoms with van der Waals surface area (Å²) in [7, 11) is 1.92. The Balaban J connectivity index is 1.35. The summed E-state index contributed by atoms with van der Waals surface area (Å²) < 4.78 is 45.1. The lowest BCUT2D eigenvalue weighted by atomic mass is 9.72. The second-order valence-corrected chi connectivity index (χ2v) is 12.0. The van der Waals surface area contributed by atoms with Gasteiger partial charge in [-0.25, -0.2) is 0 Å². The average molecular weight is 552 g/mol. The van der Waals surface area contributed by atoms with Gasteiger partial charge in [0.2, 0.25) is 0 Å². The molecule has 0 unspecified atom stereocenters. The number of rotatable bonds is 6. The van der Waals surface area contributed by atoms with Crippen LogP contribution in [0.15, 0.2) is 42.7 Å². The molecular weight excluding hydrogens is 515 g/mol. The van der Waals surface area contributed by atoms with E-state index in [2.05, 4.69) is 22.0 Å². The van der Waals surface area contributed by atoms with Gasteiger partial charge in [-0.3, -0.25) is 9.69 Å². The molecule has 1 saturated carbocycles. The van der Waals surface area contributed by atoms with Crippen LogP contribution >= 0.6 is 0 Å². The number of benzene rings is 2. The number of fused-ring (bicyclic) bond motifs is 1. The fourth-order valence-electron chi connectivity index (χ4n) is 6.79. The highest BCUT2D eigenvalue weighted by Gasteiger charge is 2.41. The maximum absolute atomic E-state index is 14.4. The monoisotopic (exact) mass is 551 g/mol. The van der Waals surface area contributed by atoms with Crippen LogP contribution in [0.25, 0.3) is 0 Å². The molecule has 1 aromatic heterocycles. The first kappa shape index (κ1) is 27.0. The maximum Gasteiger partial charge on any atom is 0.416 e. The van der Waals surface area contributed by atoms with Crippen molar-refractivity contribution < 1.29 is 18.0 Å². The number of likely N-dealkylation sites (tertiary alicyclic amines) is 1. The van der Waals surface area contributed by atoms with E-state index in [0.717, 1.165) is 56.6 Å². The van der Waals surface area contributed by atoms with Crippen molar-refractivity contribution in [3.63, 3.8) is 0 Å². The Hall–Kier alpha value is -3.20. The lowest BCUT2D eigenvalue weighted by Crippen LogP contribution is -2.36. The number of anilines is 1. The van der Waals surface area contributed by atoms with Gasteiger partial charge in [0.05, 0.1) is 12.1 Å². The van der Waals surface area contributed by atoms with Crippen LogP contribution in [0.2, 0.25) is 0 Å². The largest absolute Gasteiger partial charge is 0.416 e. The molecule has 2 aromatic carbocycles. The molecular formula is C31H36F3N5O. The molecule has 3 atom stereocenters. The summed E-state index contributed by atoms with van der Waals surface area (Å²) >= 11 is 0. The molecule has 9 heteroatoms. The van der Waals surface area contributed by atoms with Gasteiger partial charge >= 0.3 is 6.18 Å². The maximum atomic E-state index is 14.4. The average Bonchev–Trinajstić information content (AvgIpc) is 3.47. The number of halogens is 3. The second-order valence-electron chi connectivity index (χ2n) is 12.0. The van der Waals surface area contributed by atoms with Crippen LogP contribution in [0.5, 0.6) is 0 Å². The Labute approximate surface area is 233 Å². The van der Waals surface area contributed by atoms with E-state index in [1.54, 1.807) is 12.4 Å². The molecule has 1 saturated heterocycles. The first-order valence-corrected chi connectivity index (χ1v) is 14.4. The Morgan fingerprint density at radius 1 is 1.05 bits per heavy atom. The van der Waals surface area contributed by atoms with Gasteiger partial charge in [0, 0.05) is 36.8 Å². The number of hydrogen-bond donors (Lipinski definition) is 0. The fourth-order valence-corrected chi connectivity index (χ4v) is 6.79. The molecule has 2 fully saturated rings. The zero-order chi connectivity index (χ0) is 28.2. The van der Waals surface area contributed by atoms with Crippen LogP contribution in [-0.4, -0.2) is 38.7 Å². The van der Waals surface area contributed by atoms with Crippen molar-refractivity contribution in [2.45, 2.75) is 70.6 Å². The standard InChI is InChI=1S/C31H36F3N5O/c1-19-7-6-12-38(16-19)20(2)23-14-25-26(27(15-23)31(32,33)34)17-39(30(25)40)24-11-5-10-22(13-24)28(21-8-4-9-21)29-36-35-18-37(29)3/h5,10-11,13-15,18-21,28H,4,6-9,12,16-17H2,1-3H3/t19-,20-,28-/m0/s1. The topological polar surface area (TPSA) is 54.3 Å². The van der Waals surface area contributed by atoms with Gasteiger partial charge in [0.1, 0.15) is 12.2 Å². The first-order chi connectivity index (χ1) is 19.1. The fraction of sp³-hybridized carbons (Fsp3) is 0.516. The van der Waals surface area contributed by atoms with Gasteiger partial charge in [0.15, 0.2) is 0 Å². The van der Waals surface area contributed by atoms with Gasteiger partial charge < -0.3 is 9.47 Å². The molecule has 0 bridgehead atoms. The molecule has 2 aliphatic heterocycles. The predicted molar refractivity (Wildman–Crippen MR) is 147 cm³/mol. The molecule has 3 heterocycles. The van der Waals surface area contributed by atoms with Gasteiger partial charge in [-0.15, -0.1) is 10.2 Å². The summed E-state index contributed by atoms with van der Waals surface area (Å²) in [5, 5.41) is 8.46. The number of carbonyl (C=O) groups excluding carboxylic acids is 1. The number of carbonyl (C=O) groups is 1. The highest BCUT2D eigenvalue weighted by atomic mass is 19.4. The summed E-state index contributed by atoms with van der Waals surface area (Å²) in [4.78, 5) is 17.5. The lowest BCUT2D eigenvalue weighted by Gasteiger charge is -2.36. The highest BCUT2D eigenvalue weighted by molar-refractivity contribution is 6.10. The van der Waals surface area contributed by atoms with Crippen molar-refractivity contribution in [1.82, 2.24) is 19.7 Å². The Morgan fingerprint density at radius 2 is 1.85 bits per heavy atom. The molecule has 1 aliphatic carbocycles. The van der Waals surface area contributed by atoms with E-state index in [9.17, 15) is 18.0 Å². The lowest BCUT2D eigenvalue weighted by molar-refractivity contribution is -0.138. The second kappa shape index (κ2) is 10.3. The minimum absolute atomic E-state index is 0.0198. The molecule has 0 radical (unpaired) electrons. The zero-order valence-electron chi connectivity index (χ0n) is 23.3. The van der Waals surface area contributed by atoms with Crippen LogP contribution < -0.4 is 4.90 Å². The van der Waals surface area contributed by atoms with Crippen LogP contribution in [0, 0.1) is 11.8 Å². The van der Waals surface area contributed by atoms with Crippen LogP contribution in [0.3, 0.4) is 0 Å². The van der Waals surface area contributed by atoms with Crippen LogP contribution in [0.4, 0.5) is 18.9 Å². The third-order valence-electron chi connectivity index (χ3n) is 9.27. The minimum atomic E-state index is -4.55. The van der Waals surface area contributed by atoms with Crippen molar-refractivity contribution in [3.05, 3.63) is 76.4 Å². The summed E-state index contributed by atoms with van der Waals surface area (Å²) in [5.74, 6) is 1.43. The van der Waals surface area contributed by atoms with Crippen molar-refractivity contribution >= 4 is 11.6 Å². The Bertz CT molecular complexity index is 1410. The summed E-state index contributed by atoms with van der Waals surface area (Å²) in [6.07, 6.45) is 2.63. The molecule has 3 aromatic rings. The van der Waals surface area contributed by atoms with E-state index >= 15 is 0 Å². The number of aryl methyl sites for hydroxylation is 1. The third-order valence-corrected chi connectivity index (χ3v) is 9.27. The SMILES string of the molecule is C[C@H]1CCCN([C@@H](C)c2cc3c(c(C(F)(F)F)c2)CN(c2cccc([C@@H](c4nncn4C)C4CCC4)c2)C3=O)C1. The third kappa shape index (κ3) is 4.82. The first-order valence-electron chi connectivity index (χ1n) is 14.4. The van der Waals surface area contributed by atoms with E-state index in [0.29, 0.717) is 23.1 Å². The van der Waals surface area contributed by atoms with E-state index in [1.165, 1.54) is 11.0 Å². The van der Waals surface area contributed by atoms with E-state index in [-0.39, 0.29) is 35.5 Å². The summed E-state index contributed by atoms with van der Waals surface area (Å²) in [6, 6.07) is 10.5. The number of amides is 1. The molecule has 40 heavy (non-hydrogen) atoms. The number of hydrogen-bond acceptors (Lipinski definition) is 4. The molecule has 6 rings (SSSR count).